The van der Waals surface area contributed by atoms with Crippen molar-refractivity contribution in [3.05, 3.63) is 23.8 Å². The number of rotatable bonds is 5. The van der Waals surface area contributed by atoms with Crippen molar-refractivity contribution in [2.75, 3.05) is 0 Å². The standard InChI is InChI=1S/C12H13N3O4/c1-7(4-11(16)17)6-15-13-9-3-2-8(12(18)19)5-10(9)14-15/h2-3,5,7H,4,6H2,1H3,(H,16,17)(H,18,19)/t7-/m1/s1. The Morgan fingerprint density at radius 2 is 1.95 bits per heavy atom. The van der Waals surface area contributed by atoms with Crippen LogP contribution in [0.25, 0.3) is 11.0 Å². The molecule has 1 atom stereocenters. The van der Waals surface area contributed by atoms with E-state index >= 15 is 0 Å². The Bertz CT molecular complexity index is 635. The Hall–Kier alpha value is -2.44. The van der Waals surface area contributed by atoms with E-state index in [-0.39, 0.29) is 17.9 Å². The second kappa shape index (κ2) is 5.05. The minimum atomic E-state index is -1.02. The molecule has 0 spiro atoms. The van der Waals surface area contributed by atoms with Gasteiger partial charge >= 0.3 is 11.9 Å². The molecule has 2 aromatic rings. The molecule has 100 valence electrons. The lowest BCUT2D eigenvalue weighted by molar-refractivity contribution is -0.138. The van der Waals surface area contributed by atoms with Crippen LogP contribution in [0, 0.1) is 5.92 Å². The molecular weight excluding hydrogens is 250 g/mol. The number of aliphatic carboxylic acids is 1. The number of carbonyl (C=O) groups is 2. The second-order valence-electron chi connectivity index (χ2n) is 4.47. The van der Waals surface area contributed by atoms with Gasteiger partial charge in [0.2, 0.25) is 0 Å². The summed E-state index contributed by atoms with van der Waals surface area (Å²) in [6.07, 6.45) is 0.0399. The molecule has 0 amide bonds. The number of aromatic nitrogens is 3. The molecule has 0 radical (unpaired) electrons. The SMILES string of the molecule is C[C@H](CC(=O)O)Cn1nc2ccc(C(=O)O)cc2n1. The zero-order valence-electron chi connectivity index (χ0n) is 10.3. The van der Waals surface area contributed by atoms with Gasteiger partial charge in [0.05, 0.1) is 12.1 Å². The van der Waals surface area contributed by atoms with E-state index in [1.165, 1.54) is 16.9 Å². The molecule has 2 N–H and O–H groups in total. The van der Waals surface area contributed by atoms with Gasteiger partial charge in [-0.1, -0.05) is 6.92 Å². The van der Waals surface area contributed by atoms with E-state index < -0.39 is 11.9 Å². The van der Waals surface area contributed by atoms with Gasteiger partial charge in [-0.2, -0.15) is 15.0 Å². The molecular formula is C12H13N3O4. The van der Waals surface area contributed by atoms with Crippen LogP contribution in [0.15, 0.2) is 18.2 Å². The molecule has 0 aliphatic rings. The predicted octanol–water partition coefficient (Wildman–Crippen LogP) is 1.24. The molecule has 7 nitrogen and oxygen atoms in total. The molecule has 0 aliphatic carbocycles. The van der Waals surface area contributed by atoms with Gasteiger partial charge in [0.25, 0.3) is 0 Å². The van der Waals surface area contributed by atoms with Crippen LogP contribution in [0.5, 0.6) is 0 Å². The van der Waals surface area contributed by atoms with Gasteiger partial charge in [-0.3, -0.25) is 4.79 Å². The van der Waals surface area contributed by atoms with Gasteiger partial charge in [0.15, 0.2) is 0 Å². The molecule has 0 fully saturated rings. The molecule has 2 rings (SSSR count). The first-order valence-corrected chi connectivity index (χ1v) is 5.75. The Labute approximate surface area is 108 Å². The van der Waals surface area contributed by atoms with Crippen molar-refractivity contribution < 1.29 is 19.8 Å². The third kappa shape index (κ3) is 3.06. The van der Waals surface area contributed by atoms with Gasteiger partial charge < -0.3 is 10.2 Å². The molecule has 0 aliphatic heterocycles. The summed E-state index contributed by atoms with van der Waals surface area (Å²) in [5.41, 5.74) is 1.23. The summed E-state index contributed by atoms with van der Waals surface area (Å²) in [4.78, 5) is 22.8. The number of carboxylic acids is 2. The lowest BCUT2D eigenvalue weighted by Gasteiger charge is -2.06. The topological polar surface area (TPSA) is 105 Å². The van der Waals surface area contributed by atoms with E-state index in [1.54, 1.807) is 13.0 Å². The molecule has 1 aromatic carbocycles. The number of carboxylic acid groups (broad SMARTS) is 2. The highest BCUT2D eigenvalue weighted by atomic mass is 16.4. The zero-order valence-corrected chi connectivity index (χ0v) is 10.3. The van der Waals surface area contributed by atoms with Gasteiger partial charge in [-0.25, -0.2) is 4.79 Å². The fourth-order valence-electron chi connectivity index (χ4n) is 1.82. The van der Waals surface area contributed by atoms with Crippen LogP contribution in [0.2, 0.25) is 0 Å². The summed E-state index contributed by atoms with van der Waals surface area (Å²) < 4.78 is 0. The number of hydrogen-bond acceptors (Lipinski definition) is 4. The molecule has 0 bridgehead atoms. The van der Waals surface area contributed by atoms with E-state index in [1.807, 2.05) is 0 Å². The van der Waals surface area contributed by atoms with Crippen molar-refractivity contribution in [1.82, 2.24) is 15.0 Å². The zero-order chi connectivity index (χ0) is 14.0. The van der Waals surface area contributed by atoms with E-state index in [0.717, 1.165) is 0 Å². The average molecular weight is 263 g/mol. The number of benzene rings is 1. The van der Waals surface area contributed by atoms with Crippen molar-refractivity contribution >= 4 is 23.0 Å². The minimum Gasteiger partial charge on any atom is -0.481 e. The lowest BCUT2D eigenvalue weighted by atomic mass is 10.1. The molecule has 1 heterocycles. The number of nitrogens with zero attached hydrogens (tertiary/aromatic N) is 3. The molecule has 0 unspecified atom stereocenters. The number of fused-ring (bicyclic) bond motifs is 1. The quantitative estimate of drug-likeness (QED) is 0.840. The normalized spacial score (nSPS) is 12.5. The van der Waals surface area contributed by atoms with Crippen LogP contribution < -0.4 is 0 Å². The van der Waals surface area contributed by atoms with Crippen LogP contribution >= 0.6 is 0 Å². The maximum absolute atomic E-state index is 10.8. The highest BCUT2D eigenvalue weighted by Gasteiger charge is 2.12. The summed E-state index contributed by atoms with van der Waals surface area (Å²) in [5.74, 6) is -1.98. The maximum Gasteiger partial charge on any atom is 0.335 e. The number of aromatic carboxylic acids is 1. The van der Waals surface area contributed by atoms with Crippen LogP contribution in [0.3, 0.4) is 0 Å². The first-order chi connectivity index (χ1) is 8.95. The predicted molar refractivity (Wildman–Crippen MR) is 65.9 cm³/mol. The third-order valence-electron chi connectivity index (χ3n) is 2.67. The van der Waals surface area contributed by atoms with Crippen molar-refractivity contribution in [2.45, 2.75) is 19.9 Å². The summed E-state index contributed by atoms with van der Waals surface area (Å²) >= 11 is 0. The van der Waals surface area contributed by atoms with E-state index in [0.29, 0.717) is 17.6 Å². The lowest BCUT2D eigenvalue weighted by Crippen LogP contribution is -2.13. The van der Waals surface area contributed by atoms with Gasteiger partial charge in [-0.05, 0) is 24.1 Å². The molecule has 7 heteroatoms. The fourth-order valence-corrected chi connectivity index (χ4v) is 1.82. The van der Waals surface area contributed by atoms with Crippen molar-refractivity contribution in [1.29, 1.82) is 0 Å². The van der Waals surface area contributed by atoms with Crippen molar-refractivity contribution in [3.63, 3.8) is 0 Å². The van der Waals surface area contributed by atoms with Crippen molar-refractivity contribution in [2.24, 2.45) is 5.92 Å². The monoisotopic (exact) mass is 263 g/mol. The first-order valence-electron chi connectivity index (χ1n) is 5.75. The number of hydrogen-bond donors (Lipinski definition) is 2. The van der Waals surface area contributed by atoms with Crippen molar-refractivity contribution in [3.8, 4) is 0 Å². The molecule has 0 saturated carbocycles. The molecule has 0 saturated heterocycles. The first kappa shape index (κ1) is 13.0. The third-order valence-corrected chi connectivity index (χ3v) is 2.67. The maximum atomic E-state index is 10.8. The Morgan fingerprint density at radius 1 is 1.26 bits per heavy atom. The summed E-state index contributed by atoms with van der Waals surface area (Å²) in [5, 5.41) is 25.9. The van der Waals surface area contributed by atoms with E-state index in [2.05, 4.69) is 10.2 Å². The molecule has 1 aromatic heterocycles. The second-order valence-corrected chi connectivity index (χ2v) is 4.47. The summed E-state index contributed by atoms with van der Waals surface area (Å²) in [6, 6.07) is 4.50. The van der Waals surface area contributed by atoms with Gasteiger partial charge in [0, 0.05) is 6.42 Å². The van der Waals surface area contributed by atoms with E-state index in [4.69, 9.17) is 10.2 Å². The summed E-state index contributed by atoms with van der Waals surface area (Å²) in [7, 11) is 0. The van der Waals surface area contributed by atoms with Crippen LogP contribution in [0.4, 0.5) is 0 Å². The van der Waals surface area contributed by atoms with Gasteiger partial charge in [-0.15, -0.1) is 0 Å². The van der Waals surface area contributed by atoms with Crippen LogP contribution in [-0.4, -0.2) is 37.1 Å². The Kier molecular flexibility index (Phi) is 3.46. The minimum absolute atomic E-state index is 0.0399. The molecule has 19 heavy (non-hydrogen) atoms. The fraction of sp³-hybridized carbons (Fsp3) is 0.333. The average Bonchev–Trinajstić information content (AvgIpc) is 2.68. The Balaban J connectivity index is 2.21. The Morgan fingerprint density at radius 3 is 2.58 bits per heavy atom. The van der Waals surface area contributed by atoms with E-state index in [9.17, 15) is 9.59 Å². The highest BCUT2D eigenvalue weighted by Crippen LogP contribution is 2.13. The smallest absolute Gasteiger partial charge is 0.335 e. The largest absolute Gasteiger partial charge is 0.481 e. The van der Waals surface area contributed by atoms with Crippen LogP contribution in [0.1, 0.15) is 23.7 Å². The van der Waals surface area contributed by atoms with Crippen LogP contribution in [-0.2, 0) is 11.3 Å². The highest BCUT2D eigenvalue weighted by molar-refractivity contribution is 5.91. The summed E-state index contributed by atoms with van der Waals surface area (Å²) in [6.45, 7) is 2.17. The van der Waals surface area contributed by atoms with Gasteiger partial charge in [0.1, 0.15) is 11.0 Å².